The van der Waals surface area contributed by atoms with Crippen LogP contribution in [0.25, 0.3) is 0 Å². The van der Waals surface area contributed by atoms with Crippen molar-refractivity contribution in [3.63, 3.8) is 0 Å². The molecule has 0 saturated carbocycles. The summed E-state index contributed by atoms with van der Waals surface area (Å²) in [6, 6.07) is -0.916. The topological polar surface area (TPSA) is 108 Å². The number of hydrogen-bond donors (Lipinski definition) is 2. The Kier molecular flexibility index (Phi) is 36.9. The predicted molar refractivity (Wildman–Crippen MR) is 233 cm³/mol. The molecule has 322 valence electrons. The van der Waals surface area contributed by atoms with Crippen LogP contribution in [0.5, 0.6) is 0 Å². The molecule has 0 aromatic carbocycles. The Morgan fingerprint density at radius 2 is 1.02 bits per heavy atom. The largest absolute Gasteiger partial charge is 0.756 e. The lowest BCUT2D eigenvalue weighted by atomic mass is 10.1. The summed E-state index contributed by atoms with van der Waals surface area (Å²) in [7, 11) is 1.22. The maximum Gasteiger partial charge on any atom is 0.268 e. The number of nitrogens with one attached hydrogen (secondary N) is 1. The monoisotopic (exact) mass is 795 g/mol. The van der Waals surface area contributed by atoms with Gasteiger partial charge in [0.15, 0.2) is 0 Å². The fourth-order valence-electron chi connectivity index (χ4n) is 6.12. The number of quaternary nitrogens is 1. The number of nitrogens with zero attached hydrogens (tertiary/aromatic N) is 1. The molecule has 0 saturated heterocycles. The van der Waals surface area contributed by atoms with Gasteiger partial charge in [-0.15, -0.1) is 0 Å². The number of aliphatic hydroxyl groups is 1. The summed E-state index contributed by atoms with van der Waals surface area (Å²) >= 11 is 0. The van der Waals surface area contributed by atoms with Crippen LogP contribution in [0.3, 0.4) is 0 Å². The molecule has 0 bridgehead atoms. The van der Waals surface area contributed by atoms with E-state index in [1.54, 1.807) is 6.08 Å². The molecular weight excluding hydrogens is 707 g/mol. The number of allylic oxidation sites excluding steroid dienone is 7. The molecular formula is C46H87N2O6P. The summed E-state index contributed by atoms with van der Waals surface area (Å²) in [5.41, 5.74) is 0. The van der Waals surface area contributed by atoms with Gasteiger partial charge in [-0.05, 0) is 70.6 Å². The fourth-order valence-corrected chi connectivity index (χ4v) is 6.84. The molecule has 0 fully saturated rings. The van der Waals surface area contributed by atoms with Gasteiger partial charge < -0.3 is 28.8 Å². The summed E-state index contributed by atoms with van der Waals surface area (Å²) in [6.45, 7) is 4.58. The number of likely N-dealkylation sites (N-methyl/N-ethyl adjacent to an activating group) is 1. The maximum atomic E-state index is 12.8. The van der Waals surface area contributed by atoms with Crippen LogP contribution in [0.4, 0.5) is 0 Å². The van der Waals surface area contributed by atoms with Crippen molar-refractivity contribution in [1.29, 1.82) is 0 Å². The quantitative estimate of drug-likeness (QED) is 0.0277. The Bertz CT molecular complexity index is 1040. The minimum atomic E-state index is -4.60. The zero-order valence-electron chi connectivity index (χ0n) is 36.4. The second-order valence-corrected chi connectivity index (χ2v) is 17.8. The first-order valence-electron chi connectivity index (χ1n) is 22.5. The van der Waals surface area contributed by atoms with E-state index >= 15 is 0 Å². The highest BCUT2D eigenvalue weighted by Gasteiger charge is 2.23. The number of aliphatic hydroxyl groups excluding tert-OH is 1. The summed E-state index contributed by atoms with van der Waals surface area (Å²) < 4.78 is 23.1. The van der Waals surface area contributed by atoms with Gasteiger partial charge in [0.25, 0.3) is 7.82 Å². The SMILES string of the molecule is CCCCCCCC/C=C\CCCCCC(=O)NC(COP(=O)([O-])OCC[N+](C)(C)C)C(O)/C=C/CC/C=C/CC/C=C/CCCCCCCCCCCC. The Hall–Kier alpha value is -1.54. The average Bonchev–Trinajstić information content (AvgIpc) is 3.13. The summed E-state index contributed by atoms with van der Waals surface area (Å²) in [5, 5.41) is 13.7. The summed E-state index contributed by atoms with van der Waals surface area (Å²) in [4.78, 5) is 25.2. The number of carbonyl (C=O) groups excluding carboxylic acids is 1. The molecule has 9 heteroatoms. The van der Waals surface area contributed by atoms with E-state index in [2.05, 4.69) is 55.6 Å². The smallest absolute Gasteiger partial charge is 0.268 e. The van der Waals surface area contributed by atoms with Crippen LogP contribution < -0.4 is 10.2 Å². The Labute approximate surface area is 339 Å². The second kappa shape index (κ2) is 38.0. The van der Waals surface area contributed by atoms with E-state index in [0.717, 1.165) is 57.8 Å². The van der Waals surface area contributed by atoms with Crippen molar-refractivity contribution in [2.75, 3.05) is 40.9 Å². The van der Waals surface area contributed by atoms with Gasteiger partial charge in [-0.3, -0.25) is 9.36 Å². The fraction of sp³-hybridized carbons (Fsp3) is 0.804. The van der Waals surface area contributed by atoms with Gasteiger partial charge in [0.05, 0.1) is 39.9 Å². The lowest BCUT2D eigenvalue weighted by Gasteiger charge is -2.29. The van der Waals surface area contributed by atoms with Crippen LogP contribution in [0.15, 0.2) is 48.6 Å². The number of rotatable bonds is 40. The van der Waals surface area contributed by atoms with Gasteiger partial charge in [-0.25, -0.2) is 0 Å². The normalized spacial score (nSPS) is 14.8. The predicted octanol–water partition coefficient (Wildman–Crippen LogP) is 11.8. The van der Waals surface area contributed by atoms with Crippen LogP contribution in [0, 0.1) is 0 Å². The average molecular weight is 795 g/mol. The van der Waals surface area contributed by atoms with Crippen LogP contribution in [0.2, 0.25) is 0 Å². The van der Waals surface area contributed by atoms with Gasteiger partial charge in [-0.2, -0.15) is 0 Å². The van der Waals surface area contributed by atoms with Gasteiger partial charge in [0.1, 0.15) is 13.2 Å². The molecule has 2 N–H and O–H groups in total. The molecule has 0 rings (SSSR count). The molecule has 3 atom stereocenters. The molecule has 0 aromatic rings. The van der Waals surface area contributed by atoms with Crippen molar-refractivity contribution in [1.82, 2.24) is 5.32 Å². The third-order valence-electron chi connectivity index (χ3n) is 9.74. The second-order valence-electron chi connectivity index (χ2n) is 16.4. The van der Waals surface area contributed by atoms with Crippen LogP contribution in [-0.4, -0.2) is 68.5 Å². The minimum Gasteiger partial charge on any atom is -0.756 e. The van der Waals surface area contributed by atoms with Crippen molar-refractivity contribution in [3.05, 3.63) is 48.6 Å². The van der Waals surface area contributed by atoms with Gasteiger partial charge in [-0.1, -0.05) is 159 Å². The van der Waals surface area contributed by atoms with Crippen molar-refractivity contribution in [3.8, 4) is 0 Å². The van der Waals surface area contributed by atoms with E-state index in [0.29, 0.717) is 17.4 Å². The van der Waals surface area contributed by atoms with E-state index in [4.69, 9.17) is 9.05 Å². The third kappa shape index (κ3) is 40.5. The highest BCUT2D eigenvalue weighted by molar-refractivity contribution is 7.45. The summed E-state index contributed by atoms with van der Waals surface area (Å²) in [5.74, 6) is -0.230. The molecule has 0 radical (unpaired) electrons. The first kappa shape index (κ1) is 53.5. The van der Waals surface area contributed by atoms with E-state index in [1.165, 1.54) is 109 Å². The molecule has 0 aliphatic carbocycles. The highest BCUT2D eigenvalue weighted by Crippen LogP contribution is 2.38. The maximum absolute atomic E-state index is 12.8. The molecule has 0 heterocycles. The van der Waals surface area contributed by atoms with Gasteiger partial charge in [0.2, 0.25) is 5.91 Å². The molecule has 0 aromatic heterocycles. The molecule has 55 heavy (non-hydrogen) atoms. The zero-order valence-corrected chi connectivity index (χ0v) is 37.3. The van der Waals surface area contributed by atoms with E-state index in [1.807, 2.05) is 27.2 Å². The Morgan fingerprint density at radius 3 is 1.47 bits per heavy atom. The number of phosphoric acid groups is 1. The first-order valence-corrected chi connectivity index (χ1v) is 24.0. The minimum absolute atomic E-state index is 0.0127. The summed E-state index contributed by atoms with van der Waals surface area (Å²) in [6.07, 6.45) is 47.4. The van der Waals surface area contributed by atoms with Gasteiger partial charge >= 0.3 is 0 Å². The molecule has 8 nitrogen and oxygen atoms in total. The number of amides is 1. The Morgan fingerprint density at radius 1 is 0.618 bits per heavy atom. The molecule has 0 aliphatic rings. The number of phosphoric ester groups is 1. The molecule has 0 aliphatic heterocycles. The van der Waals surface area contributed by atoms with E-state index in [9.17, 15) is 19.4 Å². The van der Waals surface area contributed by atoms with Crippen molar-refractivity contribution in [2.45, 2.75) is 199 Å². The number of carbonyl (C=O) groups is 1. The van der Waals surface area contributed by atoms with Crippen molar-refractivity contribution in [2.24, 2.45) is 0 Å². The number of hydrogen-bond acceptors (Lipinski definition) is 6. The lowest BCUT2D eigenvalue weighted by molar-refractivity contribution is -0.870. The molecule has 1 amide bonds. The zero-order chi connectivity index (χ0) is 40.7. The molecule has 0 spiro atoms. The first-order chi connectivity index (χ1) is 26.5. The van der Waals surface area contributed by atoms with Crippen molar-refractivity contribution < 1.29 is 32.9 Å². The molecule has 3 unspecified atom stereocenters. The third-order valence-corrected chi connectivity index (χ3v) is 10.7. The van der Waals surface area contributed by atoms with Crippen LogP contribution in [0.1, 0.15) is 187 Å². The van der Waals surface area contributed by atoms with E-state index < -0.39 is 26.6 Å². The van der Waals surface area contributed by atoms with Crippen molar-refractivity contribution >= 4 is 13.7 Å². The highest BCUT2D eigenvalue weighted by atomic mass is 31.2. The number of unbranched alkanes of at least 4 members (excludes halogenated alkanes) is 21. The lowest BCUT2D eigenvalue weighted by Crippen LogP contribution is -2.45. The van der Waals surface area contributed by atoms with Crippen LogP contribution >= 0.6 is 7.82 Å². The standard InChI is InChI=1S/C46H87N2O6P/c1-6-8-10-12-14-16-18-20-21-22-23-24-25-26-28-29-31-33-35-37-39-45(49)44(43-54-55(51,52)53-42-41-48(3,4)5)47-46(50)40-38-36-34-32-30-27-19-17-15-13-11-9-7-2/h24-25,27,29-31,37,39,44-45,49H,6-23,26,28,32-36,38,40-43H2,1-5H3,(H-,47,50,51,52)/b25-24+,30-27-,31-29+,39-37+. The van der Waals surface area contributed by atoms with Gasteiger partial charge in [0, 0.05) is 6.42 Å². The van der Waals surface area contributed by atoms with E-state index in [-0.39, 0.29) is 12.5 Å². The van der Waals surface area contributed by atoms with Crippen LogP contribution in [-0.2, 0) is 18.4 Å². The Balaban J connectivity index is 4.51.